The van der Waals surface area contributed by atoms with Gasteiger partial charge in [0.05, 0.1) is 31.7 Å². The average Bonchev–Trinajstić information content (AvgIpc) is 2.75. The van der Waals surface area contributed by atoms with Crippen molar-refractivity contribution >= 4 is 17.3 Å². The smallest absolute Gasteiger partial charge is 0.310 e. The standard InChI is InChI=1S/C13H18O3S/c1-9(2)11(12(14)15-3)13(7-16-8-13)10-5-4-6-17-10/h4-6,9,11H,7-8H2,1-3H3. The number of carbonyl (C=O) groups excluding carboxylic acids is 1. The Balaban J connectivity index is 2.36. The number of carbonyl (C=O) groups is 1. The largest absolute Gasteiger partial charge is 0.469 e. The van der Waals surface area contributed by atoms with E-state index in [2.05, 4.69) is 19.9 Å². The van der Waals surface area contributed by atoms with Crippen molar-refractivity contribution in [3.05, 3.63) is 22.4 Å². The second-order valence-corrected chi connectivity index (χ2v) is 5.82. The highest BCUT2D eigenvalue weighted by Gasteiger charge is 2.52. The van der Waals surface area contributed by atoms with Gasteiger partial charge < -0.3 is 9.47 Å². The number of methoxy groups -OCH3 is 1. The van der Waals surface area contributed by atoms with Crippen molar-refractivity contribution in [2.24, 2.45) is 11.8 Å². The Labute approximate surface area is 106 Å². The first-order valence-corrected chi connectivity index (χ1v) is 6.69. The van der Waals surface area contributed by atoms with Gasteiger partial charge in [-0.15, -0.1) is 11.3 Å². The molecule has 94 valence electrons. The molecule has 0 bridgehead atoms. The lowest BCUT2D eigenvalue weighted by Gasteiger charge is -2.46. The fourth-order valence-electron chi connectivity index (χ4n) is 2.62. The number of rotatable bonds is 4. The van der Waals surface area contributed by atoms with Gasteiger partial charge >= 0.3 is 5.97 Å². The van der Waals surface area contributed by atoms with Crippen LogP contribution in [0.15, 0.2) is 17.5 Å². The maximum absolute atomic E-state index is 12.0. The zero-order chi connectivity index (χ0) is 12.5. The molecule has 0 saturated carbocycles. The summed E-state index contributed by atoms with van der Waals surface area (Å²) in [5, 5.41) is 2.05. The van der Waals surface area contributed by atoms with Gasteiger partial charge in [-0.25, -0.2) is 0 Å². The van der Waals surface area contributed by atoms with Gasteiger partial charge in [-0.1, -0.05) is 19.9 Å². The minimum atomic E-state index is -0.171. The third kappa shape index (κ3) is 2.00. The molecule has 1 atom stereocenters. The van der Waals surface area contributed by atoms with Crippen molar-refractivity contribution in [1.29, 1.82) is 0 Å². The summed E-state index contributed by atoms with van der Waals surface area (Å²) in [4.78, 5) is 13.2. The van der Waals surface area contributed by atoms with E-state index in [0.717, 1.165) is 0 Å². The van der Waals surface area contributed by atoms with Gasteiger partial charge in [-0.05, 0) is 17.4 Å². The average molecular weight is 254 g/mol. The lowest BCUT2D eigenvalue weighted by Crippen LogP contribution is -2.56. The van der Waals surface area contributed by atoms with Crippen molar-refractivity contribution in [3.63, 3.8) is 0 Å². The summed E-state index contributed by atoms with van der Waals surface area (Å²) in [6.45, 7) is 5.36. The summed E-state index contributed by atoms with van der Waals surface area (Å²) < 4.78 is 10.4. The maximum atomic E-state index is 12.0. The second-order valence-electron chi connectivity index (χ2n) is 4.87. The summed E-state index contributed by atoms with van der Waals surface area (Å²) in [5.74, 6) is -0.00921. The molecule has 1 aromatic rings. The van der Waals surface area contributed by atoms with E-state index in [1.54, 1.807) is 11.3 Å². The topological polar surface area (TPSA) is 35.5 Å². The molecule has 1 unspecified atom stereocenters. The molecule has 0 radical (unpaired) electrons. The van der Waals surface area contributed by atoms with Crippen LogP contribution in [0, 0.1) is 11.8 Å². The highest BCUT2D eigenvalue weighted by molar-refractivity contribution is 7.10. The predicted octanol–water partition coefficient (Wildman–Crippen LogP) is 2.46. The Morgan fingerprint density at radius 3 is 2.59 bits per heavy atom. The molecule has 2 rings (SSSR count). The zero-order valence-electron chi connectivity index (χ0n) is 10.4. The Morgan fingerprint density at radius 2 is 2.24 bits per heavy atom. The molecule has 0 spiro atoms. The molecule has 0 N–H and O–H groups in total. The van der Waals surface area contributed by atoms with E-state index < -0.39 is 0 Å². The zero-order valence-corrected chi connectivity index (χ0v) is 11.3. The van der Waals surface area contributed by atoms with E-state index in [4.69, 9.17) is 9.47 Å². The van der Waals surface area contributed by atoms with E-state index >= 15 is 0 Å². The van der Waals surface area contributed by atoms with Crippen LogP contribution in [0.25, 0.3) is 0 Å². The summed E-state index contributed by atoms with van der Waals surface area (Å²) in [6, 6.07) is 4.11. The minimum absolute atomic E-state index is 0.125. The van der Waals surface area contributed by atoms with Gasteiger partial charge in [0.15, 0.2) is 0 Å². The third-order valence-corrected chi connectivity index (χ3v) is 4.54. The highest BCUT2D eigenvalue weighted by Crippen LogP contribution is 2.45. The molecule has 3 nitrogen and oxygen atoms in total. The van der Waals surface area contributed by atoms with E-state index in [1.807, 2.05) is 11.4 Å². The molecule has 1 fully saturated rings. The Kier molecular flexibility index (Phi) is 3.54. The van der Waals surface area contributed by atoms with Gasteiger partial charge in [-0.3, -0.25) is 4.79 Å². The summed E-state index contributed by atoms with van der Waals surface area (Å²) in [6.07, 6.45) is 0. The highest BCUT2D eigenvalue weighted by atomic mass is 32.1. The van der Waals surface area contributed by atoms with E-state index in [9.17, 15) is 4.79 Å². The van der Waals surface area contributed by atoms with Gasteiger partial charge in [-0.2, -0.15) is 0 Å². The minimum Gasteiger partial charge on any atom is -0.469 e. The molecule has 2 heterocycles. The molecular formula is C13H18O3S. The van der Waals surface area contributed by atoms with Crippen LogP contribution in [0.1, 0.15) is 18.7 Å². The second kappa shape index (κ2) is 4.78. The van der Waals surface area contributed by atoms with Gasteiger partial charge in [0.2, 0.25) is 0 Å². The van der Waals surface area contributed by atoms with Crippen molar-refractivity contribution in [2.45, 2.75) is 19.3 Å². The van der Waals surface area contributed by atoms with E-state index in [-0.39, 0.29) is 23.2 Å². The van der Waals surface area contributed by atoms with Crippen LogP contribution < -0.4 is 0 Å². The van der Waals surface area contributed by atoms with Crippen molar-refractivity contribution in [3.8, 4) is 0 Å². The Hall–Kier alpha value is -0.870. The molecule has 1 aromatic heterocycles. The fourth-order valence-corrected chi connectivity index (χ4v) is 3.56. The number of ether oxygens (including phenoxy) is 2. The summed E-state index contributed by atoms with van der Waals surface area (Å²) >= 11 is 1.69. The fraction of sp³-hybridized carbons (Fsp3) is 0.615. The summed E-state index contributed by atoms with van der Waals surface area (Å²) in [7, 11) is 1.46. The number of thiophene rings is 1. The predicted molar refractivity (Wildman–Crippen MR) is 67.2 cm³/mol. The summed E-state index contributed by atoms with van der Waals surface area (Å²) in [5.41, 5.74) is -0.171. The lowest BCUT2D eigenvalue weighted by atomic mass is 9.67. The van der Waals surface area contributed by atoms with Crippen molar-refractivity contribution in [2.75, 3.05) is 20.3 Å². The molecule has 0 amide bonds. The number of hydrogen-bond donors (Lipinski definition) is 0. The molecule has 4 heteroatoms. The Morgan fingerprint density at radius 1 is 1.53 bits per heavy atom. The van der Waals surface area contributed by atoms with Crippen LogP contribution in [0.2, 0.25) is 0 Å². The molecule has 0 aromatic carbocycles. The van der Waals surface area contributed by atoms with Crippen LogP contribution in [-0.4, -0.2) is 26.3 Å². The van der Waals surface area contributed by atoms with Crippen molar-refractivity contribution in [1.82, 2.24) is 0 Å². The Bertz CT molecular complexity index is 379. The first-order valence-electron chi connectivity index (χ1n) is 5.81. The molecular weight excluding hydrogens is 236 g/mol. The quantitative estimate of drug-likeness (QED) is 0.774. The SMILES string of the molecule is COC(=O)C(C(C)C)C1(c2cccs2)COC1. The molecule has 1 saturated heterocycles. The molecule has 17 heavy (non-hydrogen) atoms. The first kappa shape index (κ1) is 12.6. The van der Waals surface area contributed by atoms with Crippen molar-refractivity contribution < 1.29 is 14.3 Å². The van der Waals surface area contributed by atoms with Crippen LogP contribution in [0.3, 0.4) is 0 Å². The van der Waals surface area contributed by atoms with Crippen LogP contribution >= 0.6 is 11.3 Å². The molecule has 0 aliphatic carbocycles. The molecule has 1 aliphatic rings. The first-order chi connectivity index (χ1) is 8.12. The maximum Gasteiger partial charge on any atom is 0.310 e. The van der Waals surface area contributed by atoms with Gasteiger partial charge in [0.25, 0.3) is 0 Å². The lowest BCUT2D eigenvalue weighted by molar-refractivity contribution is -0.164. The monoisotopic (exact) mass is 254 g/mol. The van der Waals surface area contributed by atoms with Gasteiger partial charge in [0.1, 0.15) is 0 Å². The van der Waals surface area contributed by atoms with E-state index in [1.165, 1.54) is 12.0 Å². The number of hydrogen-bond acceptors (Lipinski definition) is 4. The molecule has 1 aliphatic heterocycles. The third-order valence-electron chi connectivity index (χ3n) is 3.45. The number of esters is 1. The van der Waals surface area contributed by atoms with Gasteiger partial charge in [0, 0.05) is 4.88 Å². The normalized spacial score (nSPS) is 19.8. The van der Waals surface area contributed by atoms with E-state index in [0.29, 0.717) is 13.2 Å². The van der Waals surface area contributed by atoms with Crippen LogP contribution in [0.4, 0.5) is 0 Å². The van der Waals surface area contributed by atoms with Crippen LogP contribution in [-0.2, 0) is 19.7 Å². The van der Waals surface area contributed by atoms with Crippen LogP contribution in [0.5, 0.6) is 0 Å².